The highest BCUT2D eigenvalue weighted by Gasteiger charge is 2.18. The standard InChI is InChI=1S/C58H36N2O2/c61-57-45(23-19-37-17-21-43-29-39-11-1-3-13-41(39)31-49(43)53(37)57)33-59-51-27-25-35-9-5-7-15-47(35)55(51)56-48-16-8-6-10-36(48)26-28-52(56)60-34-46-24-20-38-18-22-44-30-40-12-2-4-14-42(40)32-50(44)54(38)58(46)62/h1-34,61-62H. The Labute approximate surface area is 356 Å². The molecule has 0 aromatic heterocycles. The number of aliphatic imine (C=N–C) groups is 2. The van der Waals surface area contributed by atoms with E-state index in [2.05, 4.69) is 133 Å². The molecule has 12 aromatic carbocycles. The molecular formula is C58H36N2O2. The minimum Gasteiger partial charge on any atom is -0.507 e. The van der Waals surface area contributed by atoms with Gasteiger partial charge in [0, 0.05) is 45.5 Å². The van der Waals surface area contributed by atoms with E-state index in [9.17, 15) is 10.2 Å². The third-order valence-electron chi connectivity index (χ3n) is 12.5. The summed E-state index contributed by atoms with van der Waals surface area (Å²) >= 11 is 0. The number of fused-ring (bicyclic) bond motifs is 10. The van der Waals surface area contributed by atoms with Crippen molar-refractivity contribution in [1.29, 1.82) is 0 Å². The third kappa shape index (κ3) is 5.76. The van der Waals surface area contributed by atoms with E-state index in [0.717, 1.165) is 109 Å². The summed E-state index contributed by atoms with van der Waals surface area (Å²) in [5.74, 6) is 0.391. The Hall–Kier alpha value is -8.34. The lowest BCUT2D eigenvalue weighted by molar-refractivity contribution is 0.480. The maximum Gasteiger partial charge on any atom is 0.132 e. The molecular weight excluding hydrogens is 757 g/mol. The fourth-order valence-electron chi connectivity index (χ4n) is 9.42. The Morgan fingerprint density at radius 3 is 1.06 bits per heavy atom. The molecule has 12 aromatic rings. The molecule has 4 nitrogen and oxygen atoms in total. The molecule has 290 valence electrons. The largest absolute Gasteiger partial charge is 0.507 e. The molecule has 0 bridgehead atoms. The van der Waals surface area contributed by atoms with Gasteiger partial charge in [-0.1, -0.05) is 146 Å². The van der Waals surface area contributed by atoms with E-state index in [1.54, 1.807) is 12.4 Å². The zero-order chi connectivity index (χ0) is 41.3. The van der Waals surface area contributed by atoms with Gasteiger partial charge in [-0.2, -0.15) is 0 Å². The smallest absolute Gasteiger partial charge is 0.132 e. The minimum atomic E-state index is 0.195. The van der Waals surface area contributed by atoms with E-state index in [1.165, 1.54) is 0 Å². The maximum absolute atomic E-state index is 12.0. The Morgan fingerprint density at radius 1 is 0.290 bits per heavy atom. The number of phenols is 2. The van der Waals surface area contributed by atoms with E-state index in [4.69, 9.17) is 9.98 Å². The highest BCUT2D eigenvalue weighted by Crippen LogP contribution is 2.46. The van der Waals surface area contributed by atoms with E-state index in [0.29, 0.717) is 11.1 Å². The molecule has 0 radical (unpaired) electrons. The molecule has 0 atom stereocenters. The summed E-state index contributed by atoms with van der Waals surface area (Å²) in [6.07, 6.45) is 3.55. The summed E-state index contributed by atoms with van der Waals surface area (Å²) in [7, 11) is 0. The fraction of sp³-hybridized carbons (Fsp3) is 0. The van der Waals surface area contributed by atoms with Crippen LogP contribution in [0.15, 0.2) is 204 Å². The third-order valence-corrected chi connectivity index (χ3v) is 12.5. The Balaban J connectivity index is 1.03. The molecule has 0 spiro atoms. The van der Waals surface area contributed by atoms with Gasteiger partial charge in [-0.25, -0.2) is 0 Å². The molecule has 0 aliphatic heterocycles. The lowest BCUT2D eigenvalue weighted by Gasteiger charge is -2.16. The number of hydrogen-bond donors (Lipinski definition) is 2. The summed E-state index contributed by atoms with van der Waals surface area (Å²) in [6.45, 7) is 0. The first-order valence-electron chi connectivity index (χ1n) is 20.8. The van der Waals surface area contributed by atoms with Crippen molar-refractivity contribution in [2.75, 3.05) is 0 Å². The number of hydrogen-bond acceptors (Lipinski definition) is 4. The van der Waals surface area contributed by atoms with Crippen molar-refractivity contribution >= 4 is 110 Å². The average molecular weight is 793 g/mol. The normalized spacial score (nSPS) is 12.2. The fourth-order valence-corrected chi connectivity index (χ4v) is 9.42. The molecule has 0 saturated carbocycles. The van der Waals surface area contributed by atoms with Crippen LogP contribution in [0, 0.1) is 0 Å². The second-order valence-corrected chi connectivity index (χ2v) is 16.1. The maximum atomic E-state index is 12.0. The monoisotopic (exact) mass is 792 g/mol. The Bertz CT molecular complexity index is 3650. The van der Waals surface area contributed by atoms with Gasteiger partial charge in [0.15, 0.2) is 0 Å². The summed E-state index contributed by atoms with van der Waals surface area (Å²) in [5, 5.41) is 40.4. The van der Waals surface area contributed by atoms with Crippen molar-refractivity contribution in [1.82, 2.24) is 0 Å². The summed E-state index contributed by atoms with van der Waals surface area (Å²) in [4.78, 5) is 10.4. The van der Waals surface area contributed by atoms with Gasteiger partial charge in [-0.05, 0) is 124 Å². The number of benzene rings is 12. The minimum absolute atomic E-state index is 0.195. The van der Waals surface area contributed by atoms with Crippen LogP contribution in [0.25, 0.3) is 97.3 Å². The molecule has 0 unspecified atom stereocenters. The summed E-state index contributed by atoms with van der Waals surface area (Å²) in [5.41, 5.74) is 4.60. The number of phenolic OH excluding ortho intramolecular Hbond substituents is 2. The van der Waals surface area contributed by atoms with Crippen molar-refractivity contribution in [2.45, 2.75) is 0 Å². The first-order valence-corrected chi connectivity index (χ1v) is 20.8. The van der Waals surface area contributed by atoms with Gasteiger partial charge in [0.25, 0.3) is 0 Å². The van der Waals surface area contributed by atoms with Crippen molar-refractivity contribution in [3.63, 3.8) is 0 Å². The second kappa shape index (κ2) is 14.1. The van der Waals surface area contributed by atoms with Crippen LogP contribution in [-0.4, -0.2) is 22.6 Å². The van der Waals surface area contributed by atoms with E-state index in [-0.39, 0.29) is 11.5 Å². The van der Waals surface area contributed by atoms with Crippen LogP contribution in [-0.2, 0) is 0 Å². The Kier molecular flexibility index (Phi) is 8.12. The molecule has 0 aliphatic rings. The molecule has 2 N–H and O–H groups in total. The molecule has 0 fully saturated rings. The van der Waals surface area contributed by atoms with Crippen LogP contribution in [0.5, 0.6) is 11.5 Å². The van der Waals surface area contributed by atoms with Crippen LogP contribution in [0.2, 0.25) is 0 Å². The van der Waals surface area contributed by atoms with Gasteiger partial charge in [0.05, 0.1) is 11.4 Å². The molecule has 62 heavy (non-hydrogen) atoms. The molecule has 0 heterocycles. The average Bonchev–Trinajstić information content (AvgIpc) is 3.31. The zero-order valence-electron chi connectivity index (χ0n) is 33.4. The van der Waals surface area contributed by atoms with Gasteiger partial charge >= 0.3 is 0 Å². The SMILES string of the molecule is Oc1c(C=Nc2ccc3ccccc3c2-c2c(N=Cc3ccc4ccc5cc6ccccc6cc5c4c3O)ccc3ccccc23)ccc2ccc3cc4ccccc4cc3c12. The lowest BCUT2D eigenvalue weighted by atomic mass is 9.91. The van der Waals surface area contributed by atoms with Crippen LogP contribution in [0.3, 0.4) is 0 Å². The van der Waals surface area contributed by atoms with Gasteiger partial charge in [-0.3, -0.25) is 9.98 Å². The lowest BCUT2D eigenvalue weighted by Crippen LogP contribution is -1.90. The zero-order valence-corrected chi connectivity index (χ0v) is 33.4. The summed E-state index contributed by atoms with van der Waals surface area (Å²) < 4.78 is 0. The molecule has 0 aliphatic carbocycles. The van der Waals surface area contributed by atoms with Crippen molar-refractivity contribution in [2.24, 2.45) is 9.98 Å². The van der Waals surface area contributed by atoms with Gasteiger partial charge < -0.3 is 10.2 Å². The number of aromatic hydroxyl groups is 2. The van der Waals surface area contributed by atoms with E-state index < -0.39 is 0 Å². The van der Waals surface area contributed by atoms with Gasteiger partial charge in [0.2, 0.25) is 0 Å². The van der Waals surface area contributed by atoms with Crippen molar-refractivity contribution in [3.8, 4) is 22.6 Å². The molecule has 12 rings (SSSR count). The highest BCUT2D eigenvalue weighted by molar-refractivity contribution is 6.19. The van der Waals surface area contributed by atoms with Gasteiger partial charge in [-0.15, -0.1) is 0 Å². The van der Waals surface area contributed by atoms with Crippen molar-refractivity contribution < 1.29 is 10.2 Å². The predicted octanol–water partition coefficient (Wildman–Crippen LogP) is 15.5. The number of nitrogens with zero attached hydrogens (tertiary/aromatic N) is 2. The van der Waals surface area contributed by atoms with E-state index in [1.807, 2.05) is 60.7 Å². The highest BCUT2D eigenvalue weighted by atomic mass is 16.3. The molecule has 0 saturated heterocycles. The van der Waals surface area contributed by atoms with Crippen molar-refractivity contribution in [3.05, 3.63) is 205 Å². The number of rotatable bonds is 5. The Morgan fingerprint density at radius 2 is 0.629 bits per heavy atom. The van der Waals surface area contributed by atoms with Crippen LogP contribution >= 0.6 is 0 Å². The second-order valence-electron chi connectivity index (χ2n) is 16.1. The van der Waals surface area contributed by atoms with Crippen LogP contribution in [0.1, 0.15) is 11.1 Å². The first-order chi connectivity index (χ1) is 30.6. The summed E-state index contributed by atoms with van der Waals surface area (Å²) in [6, 6.07) is 66.7. The first kappa shape index (κ1) is 35.6. The quantitative estimate of drug-likeness (QED) is 0.104. The van der Waals surface area contributed by atoms with Crippen LogP contribution in [0.4, 0.5) is 11.4 Å². The van der Waals surface area contributed by atoms with Gasteiger partial charge in [0.1, 0.15) is 11.5 Å². The molecule has 4 heteroatoms. The predicted molar refractivity (Wildman–Crippen MR) is 263 cm³/mol. The van der Waals surface area contributed by atoms with Crippen LogP contribution < -0.4 is 0 Å². The van der Waals surface area contributed by atoms with E-state index >= 15 is 0 Å². The topological polar surface area (TPSA) is 65.2 Å². The molecule has 0 amide bonds.